The molecule has 0 atom stereocenters. The van der Waals surface area contributed by atoms with Gasteiger partial charge in [0.25, 0.3) is 0 Å². The van der Waals surface area contributed by atoms with Crippen molar-refractivity contribution in [1.29, 1.82) is 0 Å². The van der Waals surface area contributed by atoms with Gasteiger partial charge in [0.05, 0.1) is 14.2 Å². The zero-order chi connectivity index (χ0) is 17.1. The van der Waals surface area contributed by atoms with Crippen LogP contribution in [0.1, 0.15) is 16.1 Å². The van der Waals surface area contributed by atoms with Gasteiger partial charge in [0.1, 0.15) is 35.0 Å². The van der Waals surface area contributed by atoms with Gasteiger partial charge in [0.2, 0.25) is 0 Å². The number of fused-ring (bicyclic) bond motifs is 1. The molecule has 1 heterocycles. The van der Waals surface area contributed by atoms with E-state index in [0.717, 1.165) is 0 Å². The zero-order valence-electron chi connectivity index (χ0n) is 13.2. The van der Waals surface area contributed by atoms with Crippen molar-refractivity contribution in [3.05, 3.63) is 53.8 Å². The summed E-state index contributed by atoms with van der Waals surface area (Å²) in [6, 6.07) is 12.0. The van der Waals surface area contributed by atoms with Gasteiger partial charge in [-0.1, -0.05) is 0 Å². The summed E-state index contributed by atoms with van der Waals surface area (Å²) in [5.41, 5.74) is 0.555. The van der Waals surface area contributed by atoms with Crippen LogP contribution in [0, 0.1) is 0 Å². The second-order valence-corrected chi connectivity index (χ2v) is 5.03. The maximum Gasteiger partial charge on any atom is 0.340 e. The number of hydrogen-bond donors (Lipinski definition) is 1. The first-order chi connectivity index (χ1) is 11.6. The average Bonchev–Trinajstić information content (AvgIpc) is 2.97. The lowest BCUT2D eigenvalue weighted by Gasteiger charge is -2.06. The summed E-state index contributed by atoms with van der Waals surface area (Å²) < 4.78 is 21.5. The molecule has 0 spiro atoms. The van der Waals surface area contributed by atoms with Crippen LogP contribution in [0.2, 0.25) is 0 Å². The van der Waals surface area contributed by atoms with Crippen LogP contribution in [0.25, 0.3) is 11.0 Å². The second-order valence-electron chi connectivity index (χ2n) is 5.03. The normalized spacial score (nSPS) is 10.6. The van der Waals surface area contributed by atoms with E-state index in [1.807, 2.05) is 0 Å². The molecular formula is C18H16O6. The first-order valence-corrected chi connectivity index (χ1v) is 7.22. The first-order valence-electron chi connectivity index (χ1n) is 7.22. The Morgan fingerprint density at radius 1 is 1.00 bits per heavy atom. The van der Waals surface area contributed by atoms with Crippen LogP contribution < -0.4 is 14.2 Å². The number of benzene rings is 2. The average molecular weight is 328 g/mol. The molecule has 3 aromatic rings. The summed E-state index contributed by atoms with van der Waals surface area (Å²) in [7, 11) is 3.10. The highest BCUT2D eigenvalue weighted by Gasteiger charge is 2.21. The third-order valence-electron chi connectivity index (χ3n) is 3.61. The highest BCUT2D eigenvalue weighted by molar-refractivity contribution is 6.04. The fourth-order valence-electron chi connectivity index (χ4n) is 2.41. The van der Waals surface area contributed by atoms with Crippen molar-refractivity contribution in [2.45, 2.75) is 6.61 Å². The molecule has 0 radical (unpaired) electrons. The van der Waals surface area contributed by atoms with E-state index < -0.39 is 5.97 Å². The number of carboxylic acids is 1. The van der Waals surface area contributed by atoms with E-state index in [2.05, 4.69) is 0 Å². The molecular weight excluding hydrogens is 312 g/mol. The summed E-state index contributed by atoms with van der Waals surface area (Å²) in [4.78, 5) is 11.6. The highest BCUT2D eigenvalue weighted by Crippen LogP contribution is 2.30. The number of ether oxygens (including phenoxy) is 3. The van der Waals surface area contributed by atoms with E-state index in [4.69, 9.17) is 18.6 Å². The van der Waals surface area contributed by atoms with Gasteiger partial charge in [-0.2, -0.15) is 0 Å². The molecule has 24 heavy (non-hydrogen) atoms. The van der Waals surface area contributed by atoms with E-state index in [9.17, 15) is 9.90 Å². The van der Waals surface area contributed by atoms with Crippen molar-refractivity contribution >= 4 is 16.9 Å². The minimum Gasteiger partial charge on any atom is -0.497 e. The molecule has 1 N–H and O–H groups in total. The van der Waals surface area contributed by atoms with Crippen molar-refractivity contribution in [2.24, 2.45) is 0 Å². The van der Waals surface area contributed by atoms with Crippen molar-refractivity contribution in [3.8, 4) is 17.2 Å². The summed E-state index contributed by atoms with van der Waals surface area (Å²) in [6.45, 7) is 0.00492. The van der Waals surface area contributed by atoms with Gasteiger partial charge < -0.3 is 23.7 Å². The molecule has 0 amide bonds. The number of carboxylic acid groups (broad SMARTS) is 1. The summed E-state index contributed by atoms with van der Waals surface area (Å²) in [6.07, 6.45) is 0. The predicted molar refractivity (Wildman–Crippen MR) is 87.1 cm³/mol. The molecule has 0 unspecified atom stereocenters. The number of aromatic carboxylic acids is 1. The highest BCUT2D eigenvalue weighted by atomic mass is 16.5. The standard InChI is InChI=1S/C18H16O6/c1-21-11-3-5-12(6-4-11)23-10-16-17(18(19)20)14-9-13(22-2)7-8-15(14)24-16/h3-9H,10H2,1-2H3,(H,19,20). The second kappa shape index (κ2) is 6.54. The Hall–Kier alpha value is -3.15. The topological polar surface area (TPSA) is 78.1 Å². The molecule has 6 heteroatoms. The van der Waals surface area contributed by atoms with Crippen molar-refractivity contribution in [2.75, 3.05) is 14.2 Å². The number of hydrogen-bond acceptors (Lipinski definition) is 5. The molecule has 3 rings (SSSR count). The maximum absolute atomic E-state index is 11.6. The lowest BCUT2D eigenvalue weighted by molar-refractivity contribution is 0.0693. The van der Waals surface area contributed by atoms with Gasteiger partial charge in [-0.25, -0.2) is 4.79 Å². The van der Waals surface area contributed by atoms with Crippen LogP contribution in [0.5, 0.6) is 17.2 Å². The molecule has 0 aliphatic heterocycles. The van der Waals surface area contributed by atoms with Crippen molar-refractivity contribution < 1.29 is 28.5 Å². The quantitative estimate of drug-likeness (QED) is 0.743. The predicted octanol–water partition coefficient (Wildman–Crippen LogP) is 3.73. The summed E-state index contributed by atoms with van der Waals surface area (Å²) >= 11 is 0. The van der Waals surface area contributed by atoms with E-state index in [-0.39, 0.29) is 17.9 Å². The third-order valence-corrected chi connectivity index (χ3v) is 3.61. The Bertz CT molecular complexity index is 863. The zero-order valence-corrected chi connectivity index (χ0v) is 13.2. The molecule has 0 bridgehead atoms. The van der Waals surface area contributed by atoms with E-state index in [1.165, 1.54) is 7.11 Å². The maximum atomic E-state index is 11.6. The Labute approximate surface area is 138 Å². The van der Waals surface area contributed by atoms with Crippen LogP contribution in [0.15, 0.2) is 46.9 Å². The largest absolute Gasteiger partial charge is 0.497 e. The fourth-order valence-corrected chi connectivity index (χ4v) is 2.41. The van der Waals surface area contributed by atoms with Crippen LogP contribution >= 0.6 is 0 Å². The Balaban J connectivity index is 1.90. The Kier molecular flexibility index (Phi) is 4.29. The van der Waals surface area contributed by atoms with Gasteiger partial charge in [-0.05, 0) is 42.5 Å². The third kappa shape index (κ3) is 2.99. The number of rotatable bonds is 6. The lowest BCUT2D eigenvalue weighted by atomic mass is 10.1. The van der Waals surface area contributed by atoms with Crippen LogP contribution in [0.4, 0.5) is 0 Å². The van der Waals surface area contributed by atoms with E-state index >= 15 is 0 Å². The molecule has 0 aliphatic carbocycles. The van der Waals surface area contributed by atoms with Crippen molar-refractivity contribution in [3.63, 3.8) is 0 Å². The van der Waals surface area contributed by atoms with E-state index in [0.29, 0.717) is 28.2 Å². The number of carbonyl (C=O) groups is 1. The summed E-state index contributed by atoms with van der Waals surface area (Å²) in [5.74, 6) is 1.04. The van der Waals surface area contributed by atoms with Crippen molar-refractivity contribution in [1.82, 2.24) is 0 Å². The van der Waals surface area contributed by atoms with Gasteiger partial charge in [0, 0.05) is 5.39 Å². The molecule has 0 fully saturated rings. The molecule has 1 aromatic heterocycles. The Morgan fingerprint density at radius 3 is 2.25 bits per heavy atom. The van der Waals surface area contributed by atoms with Gasteiger partial charge in [-0.3, -0.25) is 0 Å². The minimum absolute atomic E-state index is 0.00492. The van der Waals surface area contributed by atoms with Crippen LogP contribution in [-0.4, -0.2) is 25.3 Å². The minimum atomic E-state index is -1.07. The number of furan rings is 1. The fraction of sp³-hybridized carbons (Fsp3) is 0.167. The molecule has 124 valence electrons. The number of methoxy groups -OCH3 is 2. The molecule has 0 saturated heterocycles. The smallest absolute Gasteiger partial charge is 0.340 e. The van der Waals surface area contributed by atoms with Crippen LogP contribution in [-0.2, 0) is 6.61 Å². The SMILES string of the molecule is COc1ccc(OCc2oc3ccc(OC)cc3c2C(=O)O)cc1. The monoisotopic (exact) mass is 328 g/mol. The molecule has 6 nitrogen and oxygen atoms in total. The molecule has 0 aliphatic rings. The molecule has 0 saturated carbocycles. The van der Waals surface area contributed by atoms with Gasteiger partial charge >= 0.3 is 5.97 Å². The Morgan fingerprint density at radius 2 is 1.62 bits per heavy atom. The summed E-state index contributed by atoms with van der Waals surface area (Å²) in [5, 5.41) is 9.99. The lowest BCUT2D eigenvalue weighted by Crippen LogP contribution is -2.03. The van der Waals surface area contributed by atoms with E-state index in [1.54, 1.807) is 49.6 Å². The molecule has 2 aromatic carbocycles. The van der Waals surface area contributed by atoms with Crippen LogP contribution in [0.3, 0.4) is 0 Å². The van der Waals surface area contributed by atoms with Gasteiger partial charge in [-0.15, -0.1) is 0 Å². The van der Waals surface area contributed by atoms with Gasteiger partial charge in [0.15, 0.2) is 5.76 Å². The first kappa shape index (κ1) is 15.7.